The number of aryl methyl sites for hydroxylation is 1. The van der Waals surface area contributed by atoms with Crippen molar-refractivity contribution < 1.29 is 14.4 Å². The number of aromatic nitrogens is 2. The Kier molecular flexibility index (Phi) is 4.67. The van der Waals surface area contributed by atoms with Gasteiger partial charge in [0, 0.05) is 35.0 Å². The number of hydrogen-bond donors (Lipinski definition) is 1. The van der Waals surface area contributed by atoms with Crippen LogP contribution >= 0.6 is 11.8 Å². The molecule has 7 heteroatoms. The second-order valence-electron chi connectivity index (χ2n) is 7.24. The molecule has 0 bridgehead atoms. The van der Waals surface area contributed by atoms with Gasteiger partial charge in [-0.05, 0) is 30.3 Å². The van der Waals surface area contributed by atoms with Crippen LogP contribution in [0.5, 0.6) is 0 Å². The van der Waals surface area contributed by atoms with Crippen molar-refractivity contribution in [3.63, 3.8) is 0 Å². The zero-order valence-corrected chi connectivity index (χ0v) is 17.4. The predicted molar refractivity (Wildman–Crippen MR) is 120 cm³/mol. The number of thioether (sulfide) groups is 1. The van der Waals surface area contributed by atoms with E-state index in [1.165, 1.54) is 11.8 Å². The summed E-state index contributed by atoms with van der Waals surface area (Å²) in [7, 11) is 1.92. The van der Waals surface area contributed by atoms with Crippen LogP contribution in [-0.4, -0.2) is 32.8 Å². The topological polar surface area (TPSA) is 81.1 Å². The van der Waals surface area contributed by atoms with E-state index in [9.17, 15) is 14.4 Å². The van der Waals surface area contributed by atoms with E-state index in [4.69, 9.17) is 0 Å². The van der Waals surface area contributed by atoms with E-state index >= 15 is 0 Å². The molecule has 0 saturated carbocycles. The van der Waals surface area contributed by atoms with Gasteiger partial charge in [-0.25, -0.2) is 4.98 Å². The van der Waals surface area contributed by atoms with Gasteiger partial charge in [-0.2, -0.15) is 0 Å². The van der Waals surface area contributed by atoms with Crippen molar-refractivity contribution in [3.05, 3.63) is 89.0 Å². The van der Waals surface area contributed by atoms with Crippen molar-refractivity contribution >= 4 is 46.0 Å². The number of fused-ring (bicyclic) bond motifs is 3. The van der Waals surface area contributed by atoms with Crippen LogP contribution in [0.15, 0.2) is 71.9 Å². The molecule has 1 aromatic heterocycles. The Bertz CT molecular complexity index is 1390. The summed E-state index contributed by atoms with van der Waals surface area (Å²) in [5, 5.41) is 3.56. The zero-order valence-electron chi connectivity index (χ0n) is 16.6. The van der Waals surface area contributed by atoms with E-state index in [1.54, 1.807) is 42.5 Å². The molecule has 3 aromatic carbocycles. The van der Waals surface area contributed by atoms with Crippen LogP contribution in [-0.2, 0) is 11.8 Å². The van der Waals surface area contributed by atoms with Crippen molar-refractivity contribution in [2.45, 2.75) is 5.16 Å². The maximum atomic E-state index is 12.8. The van der Waals surface area contributed by atoms with E-state index in [0.29, 0.717) is 27.9 Å². The van der Waals surface area contributed by atoms with E-state index in [1.807, 2.05) is 35.9 Å². The van der Waals surface area contributed by atoms with Gasteiger partial charge in [0.1, 0.15) is 0 Å². The van der Waals surface area contributed by atoms with Crippen molar-refractivity contribution in [3.8, 4) is 0 Å². The minimum atomic E-state index is -0.216. The lowest BCUT2D eigenvalue weighted by Gasteiger charge is -2.18. The minimum absolute atomic E-state index is 0.171. The molecule has 1 aliphatic carbocycles. The smallest absolute Gasteiger partial charge is 0.234 e. The van der Waals surface area contributed by atoms with Crippen molar-refractivity contribution in [1.82, 2.24) is 9.55 Å². The number of hydrogen-bond acceptors (Lipinski definition) is 5. The van der Waals surface area contributed by atoms with Crippen molar-refractivity contribution in [1.29, 1.82) is 0 Å². The van der Waals surface area contributed by atoms with Gasteiger partial charge in [-0.15, -0.1) is 0 Å². The third-order valence-corrected chi connectivity index (χ3v) is 6.32. The fourth-order valence-corrected chi connectivity index (χ4v) is 4.54. The number of carbonyl (C=O) groups is 3. The third kappa shape index (κ3) is 3.33. The van der Waals surface area contributed by atoms with Gasteiger partial charge in [-0.1, -0.05) is 48.2 Å². The first-order chi connectivity index (χ1) is 15.0. The lowest BCUT2D eigenvalue weighted by Crippen LogP contribution is -2.21. The minimum Gasteiger partial charge on any atom is -0.325 e. The number of nitrogens with zero attached hydrogens (tertiary/aromatic N) is 2. The molecule has 0 unspecified atom stereocenters. The van der Waals surface area contributed by atoms with Crippen LogP contribution in [0, 0.1) is 0 Å². The Morgan fingerprint density at radius 2 is 1.55 bits per heavy atom. The van der Waals surface area contributed by atoms with E-state index < -0.39 is 0 Å². The molecule has 1 amide bonds. The average molecular weight is 427 g/mol. The van der Waals surface area contributed by atoms with Crippen LogP contribution in [0.2, 0.25) is 0 Å². The van der Waals surface area contributed by atoms with Crippen LogP contribution in [0.1, 0.15) is 31.8 Å². The normalized spacial score (nSPS) is 12.5. The van der Waals surface area contributed by atoms with Crippen LogP contribution in [0.25, 0.3) is 11.0 Å². The summed E-state index contributed by atoms with van der Waals surface area (Å²) in [5.41, 5.74) is 3.83. The quantitative estimate of drug-likeness (QED) is 0.437. The highest BCUT2D eigenvalue weighted by molar-refractivity contribution is 7.99. The zero-order chi connectivity index (χ0) is 21.5. The molecular formula is C24H17N3O3S. The number of para-hydroxylation sites is 2. The number of anilines is 1. The monoisotopic (exact) mass is 427 g/mol. The van der Waals surface area contributed by atoms with E-state index in [-0.39, 0.29) is 23.2 Å². The summed E-state index contributed by atoms with van der Waals surface area (Å²) in [6.45, 7) is 0. The maximum absolute atomic E-state index is 12.8. The number of imidazole rings is 1. The van der Waals surface area contributed by atoms with Gasteiger partial charge in [-0.3, -0.25) is 14.4 Å². The van der Waals surface area contributed by atoms with Crippen LogP contribution in [0.4, 0.5) is 5.69 Å². The molecule has 1 heterocycles. The number of nitrogens with one attached hydrogen (secondary N) is 1. The largest absolute Gasteiger partial charge is 0.325 e. The molecule has 4 aromatic rings. The van der Waals surface area contributed by atoms with Gasteiger partial charge in [0.2, 0.25) is 5.91 Å². The Hall–Kier alpha value is -3.71. The second-order valence-corrected chi connectivity index (χ2v) is 8.19. The van der Waals surface area contributed by atoms with E-state index in [0.717, 1.165) is 16.2 Å². The van der Waals surface area contributed by atoms with Gasteiger partial charge < -0.3 is 9.88 Å². The highest BCUT2D eigenvalue weighted by Crippen LogP contribution is 2.29. The van der Waals surface area contributed by atoms with Gasteiger partial charge in [0.25, 0.3) is 0 Å². The molecule has 6 nitrogen and oxygen atoms in total. The van der Waals surface area contributed by atoms with Gasteiger partial charge >= 0.3 is 0 Å². The molecule has 1 N–H and O–H groups in total. The fourth-order valence-electron chi connectivity index (χ4n) is 3.76. The molecule has 1 aliphatic rings. The summed E-state index contributed by atoms with van der Waals surface area (Å²) in [6.07, 6.45) is 0. The Morgan fingerprint density at radius 1 is 0.903 bits per heavy atom. The standard InChI is InChI=1S/C24H17N3O3S/c1-27-20-9-5-4-8-19(20)26-24(27)31-13-21(28)25-14-10-11-17-18(12-14)23(30)16-7-3-2-6-15(16)22(17)29/h2-12H,13H2,1H3,(H,25,28). The summed E-state index contributed by atoms with van der Waals surface area (Å²) in [5.74, 6) is -0.438. The first-order valence-electron chi connectivity index (χ1n) is 9.69. The van der Waals surface area contributed by atoms with E-state index in [2.05, 4.69) is 10.3 Å². The molecule has 0 spiro atoms. The average Bonchev–Trinajstić information content (AvgIpc) is 3.12. The molecule has 0 atom stereocenters. The van der Waals surface area contributed by atoms with Gasteiger partial charge in [0.15, 0.2) is 16.7 Å². The molecule has 0 aliphatic heterocycles. The number of carbonyl (C=O) groups excluding carboxylic acids is 3. The Morgan fingerprint density at radius 3 is 2.29 bits per heavy atom. The molecule has 0 fully saturated rings. The molecule has 152 valence electrons. The van der Waals surface area contributed by atoms with Gasteiger partial charge in [0.05, 0.1) is 16.8 Å². The SMILES string of the molecule is Cn1c(SCC(=O)Nc2ccc3c(c2)C(=O)c2ccccc2C3=O)nc2ccccc21. The molecular weight excluding hydrogens is 410 g/mol. The summed E-state index contributed by atoms with van der Waals surface area (Å²) in [4.78, 5) is 42.6. The summed E-state index contributed by atoms with van der Waals surface area (Å²) < 4.78 is 1.95. The van der Waals surface area contributed by atoms with Crippen molar-refractivity contribution in [2.24, 2.45) is 7.05 Å². The van der Waals surface area contributed by atoms with Crippen LogP contribution in [0.3, 0.4) is 0 Å². The molecule has 0 saturated heterocycles. The first kappa shape index (κ1) is 19.3. The third-order valence-electron chi connectivity index (χ3n) is 5.29. The van der Waals surface area contributed by atoms with Crippen molar-refractivity contribution in [2.75, 3.05) is 11.1 Å². The number of benzene rings is 3. The Balaban J connectivity index is 1.32. The highest BCUT2D eigenvalue weighted by Gasteiger charge is 2.29. The Labute approximate surface area is 182 Å². The second kappa shape index (κ2) is 7.52. The maximum Gasteiger partial charge on any atom is 0.234 e. The molecule has 0 radical (unpaired) electrons. The summed E-state index contributed by atoms with van der Waals surface area (Å²) >= 11 is 1.34. The fraction of sp³-hybridized carbons (Fsp3) is 0.0833. The molecule has 5 rings (SSSR count). The number of ketones is 2. The predicted octanol–water partition coefficient (Wildman–Crippen LogP) is 4.08. The summed E-state index contributed by atoms with van der Waals surface area (Å²) in [6, 6.07) is 19.4. The number of amides is 1. The first-order valence-corrected chi connectivity index (χ1v) is 10.7. The number of rotatable bonds is 4. The molecule has 31 heavy (non-hydrogen) atoms. The lowest BCUT2D eigenvalue weighted by molar-refractivity contribution is -0.113. The van der Waals surface area contributed by atoms with Crippen LogP contribution < -0.4 is 5.32 Å². The lowest BCUT2D eigenvalue weighted by atomic mass is 9.84. The highest BCUT2D eigenvalue weighted by atomic mass is 32.2.